The Kier molecular flexibility index (Phi) is 8.39. The van der Waals surface area contributed by atoms with Crippen molar-refractivity contribution in [2.24, 2.45) is 5.73 Å². The molecule has 0 radical (unpaired) electrons. The van der Waals surface area contributed by atoms with Gasteiger partial charge in [0.2, 0.25) is 0 Å². The van der Waals surface area contributed by atoms with Gasteiger partial charge in [-0.1, -0.05) is 26.0 Å². The number of halogens is 1. The third-order valence-corrected chi connectivity index (χ3v) is 5.63. The highest BCUT2D eigenvalue weighted by molar-refractivity contribution is 8.93. The average molecular weight is 433 g/mol. The minimum atomic E-state index is 0. The van der Waals surface area contributed by atoms with E-state index in [-0.39, 0.29) is 17.0 Å². The van der Waals surface area contributed by atoms with Gasteiger partial charge in [0, 0.05) is 37.6 Å². The largest absolute Gasteiger partial charge is 0.328 e. The van der Waals surface area contributed by atoms with Gasteiger partial charge in [0.1, 0.15) is 0 Å². The van der Waals surface area contributed by atoms with E-state index in [4.69, 9.17) is 10.7 Å². The number of nitrogens with two attached hydrogens (primary N) is 1. The molecule has 27 heavy (non-hydrogen) atoms. The van der Waals surface area contributed by atoms with Crippen LogP contribution in [0.25, 0.3) is 0 Å². The van der Waals surface area contributed by atoms with E-state index < -0.39 is 0 Å². The fourth-order valence-corrected chi connectivity index (χ4v) is 3.96. The van der Waals surface area contributed by atoms with Gasteiger partial charge in [-0.25, -0.2) is 0 Å². The topological polar surface area (TPSA) is 55.0 Å². The summed E-state index contributed by atoms with van der Waals surface area (Å²) in [5, 5.41) is 0. The molecular formula is C22H33BrN4. The van der Waals surface area contributed by atoms with Gasteiger partial charge >= 0.3 is 0 Å². The lowest BCUT2D eigenvalue weighted by Gasteiger charge is -2.36. The van der Waals surface area contributed by atoms with Crippen LogP contribution in [0.15, 0.2) is 36.7 Å². The summed E-state index contributed by atoms with van der Waals surface area (Å²) in [7, 11) is 0. The quantitative estimate of drug-likeness (QED) is 0.714. The van der Waals surface area contributed by atoms with Crippen molar-refractivity contribution in [1.29, 1.82) is 0 Å². The first-order valence-electron chi connectivity index (χ1n) is 9.88. The Hall–Kier alpha value is -1.30. The van der Waals surface area contributed by atoms with Crippen molar-refractivity contribution in [2.75, 3.05) is 0 Å². The maximum atomic E-state index is 6.15. The molecular weight excluding hydrogens is 400 g/mol. The molecule has 1 fully saturated rings. The summed E-state index contributed by atoms with van der Waals surface area (Å²) in [6.45, 7) is 8.39. The summed E-state index contributed by atoms with van der Waals surface area (Å²) in [6, 6.07) is 9.35. The number of hydrogen-bond acceptors (Lipinski definition) is 4. The standard InChI is InChI=1S/C22H32N4.BrH/c1-16(2)20-7-5-13-25-22(20)15-26(19-10-8-18(23)9-11-19)14-21-17(3)6-4-12-24-21;/h4-7,12-13,16,18-19H,8-11,14-15,23H2,1-3H3;1H. The van der Waals surface area contributed by atoms with Gasteiger partial charge in [0.05, 0.1) is 11.4 Å². The zero-order valence-corrected chi connectivity index (χ0v) is 18.5. The number of pyridine rings is 2. The molecule has 2 heterocycles. The Morgan fingerprint density at radius 1 is 1.00 bits per heavy atom. The summed E-state index contributed by atoms with van der Waals surface area (Å²) in [5.41, 5.74) is 11.1. The van der Waals surface area contributed by atoms with E-state index in [9.17, 15) is 0 Å². The van der Waals surface area contributed by atoms with Crippen LogP contribution in [0.2, 0.25) is 0 Å². The Morgan fingerprint density at radius 3 is 2.22 bits per heavy atom. The van der Waals surface area contributed by atoms with Crippen LogP contribution in [-0.2, 0) is 13.1 Å². The second-order valence-corrected chi connectivity index (χ2v) is 7.93. The van der Waals surface area contributed by atoms with E-state index in [2.05, 4.69) is 42.8 Å². The third-order valence-electron chi connectivity index (χ3n) is 5.63. The van der Waals surface area contributed by atoms with Gasteiger partial charge in [-0.2, -0.15) is 0 Å². The summed E-state index contributed by atoms with van der Waals surface area (Å²) >= 11 is 0. The maximum absolute atomic E-state index is 6.15. The molecule has 0 atom stereocenters. The van der Waals surface area contributed by atoms with E-state index in [0.717, 1.165) is 38.8 Å². The van der Waals surface area contributed by atoms with Crippen LogP contribution >= 0.6 is 17.0 Å². The fourth-order valence-electron chi connectivity index (χ4n) is 3.96. The Labute approximate surface area is 174 Å². The minimum absolute atomic E-state index is 0. The molecule has 2 N–H and O–H groups in total. The van der Waals surface area contributed by atoms with Crippen molar-refractivity contribution in [3.8, 4) is 0 Å². The highest BCUT2D eigenvalue weighted by atomic mass is 79.9. The van der Waals surface area contributed by atoms with Crippen molar-refractivity contribution in [1.82, 2.24) is 14.9 Å². The number of aryl methyl sites for hydroxylation is 1. The third kappa shape index (κ3) is 5.84. The van der Waals surface area contributed by atoms with E-state index in [1.807, 2.05) is 24.5 Å². The number of aromatic nitrogens is 2. The minimum Gasteiger partial charge on any atom is -0.328 e. The molecule has 0 aliphatic heterocycles. The first kappa shape index (κ1) is 22.0. The molecule has 2 aromatic rings. The smallest absolute Gasteiger partial charge is 0.0578 e. The van der Waals surface area contributed by atoms with Crippen molar-refractivity contribution in [2.45, 2.75) is 77.5 Å². The SMILES string of the molecule is Br.Cc1cccnc1CN(Cc1ncccc1C(C)C)C1CCC(N)CC1. The Balaban J connectivity index is 0.00000261. The van der Waals surface area contributed by atoms with Crippen molar-refractivity contribution in [3.63, 3.8) is 0 Å². The van der Waals surface area contributed by atoms with E-state index in [1.54, 1.807) is 0 Å². The molecule has 2 aromatic heterocycles. The number of nitrogens with zero attached hydrogens (tertiary/aromatic N) is 3. The van der Waals surface area contributed by atoms with Gasteiger partial charge in [-0.15, -0.1) is 17.0 Å². The maximum Gasteiger partial charge on any atom is 0.0578 e. The predicted octanol–water partition coefficient (Wildman–Crippen LogP) is 4.76. The summed E-state index contributed by atoms with van der Waals surface area (Å²) < 4.78 is 0. The summed E-state index contributed by atoms with van der Waals surface area (Å²) in [6.07, 6.45) is 8.37. The molecule has 0 spiro atoms. The van der Waals surface area contributed by atoms with E-state index in [0.29, 0.717) is 18.0 Å². The molecule has 0 bridgehead atoms. The molecule has 0 aromatic carbocycles. The molecule has 1 aliphatic carbocycles. The molecule has 0 unspecified atom stereocenters. The van der Waals surface area contributed by atoms with Crippen molar-refractivity contribution in [3.05, 3.63) is 59.2 Å². The van der Waals surface area contributed by atoms with E-state index in [1.165, 1.54) is 22.5 Å². The first-order chi connectivity index (χ1) is 12.5. The van der Waals surface area contributed by atoms with Gasteiger partial charge in [-0.3, -0.25) is 14.9 Å². The molecule has 1 aliphatic rings. The molecule has 1 saturated carbocycles. The molecule has 0 saturated heterocycles. The normalized spacial score (nSPS) is 19.9. The molecule has 5 heteroatoms. The first-order valence-corrected chi connectivity index (χ1v) is 9.88. The van der Waals surface area contributed by atoms with Crippen LogP contribution in [0, 0.1) is 6.92 Å². The molecule has 0 amide bonds. The van der Waals surface area contributed by atoms with Crippen LogP contribution in [0.4, 0.5) is 0 Å². The van der Waals surface area contributed by atoms with Crippen LogP contribution in [0.3, 0.4) is 0 Å². The average Bonchev–Trinajstić information content (AvgIpc) is 2.64. The Morgan fingerprint density at radius 2 is 1.59 bits per heavy atom. The van der Waals surface area contributed by atoms with Gasteiger partial charge < -0.3 is 5.73 Å². The summed E-state index contributed by atoms with van der Waals surface area (Å²) in [4.78, 5) is 11.9. The van der Waals surface area contributed by atoms with Crippen LogP contribution < -0.4 is 5.73 Å². The van der Waals surface area contributed by atoms with Gasteiger partial charge in [0.15, 0.2) is 0 Å². The summed E-state index contributed by atoms with van der Waals surface area (Å²) in [5.74, 6) is 0.483. The lowest BCUT2D eigenvalue weighted by molar-refractivity contribution is 0.130. The molecule has 4 nitrogen and oxygen atoms in total. The zero-order valence-electron chi connectivity index (χ0n) is 16.8. The second kappa shape index (κ2) is 10.3. The van der Waals surface area contributed by atoms with E-state index >= 15 is 0 Å². The zero-order chi connectivity index (χ0) is 18.5. The molecule has 3 rings (SSSR count). The Bertz CT molecular complexity index is 711. The van der Waals surface area contributed by atoms with Crippen LogP contribution in [-0.4, -0.2) is 27.0 Å². The lowest BCUT2D eigenvalue weighted by atomic mass is 9.90. The highest BCUT2D eigenvalue weighted by Gasteiger charge is 2.26. The predicted molar refractivity (Wildman–Crippen MR) is 117 cm³/mol. The lowest BCUT2D eigenvalue weighted by Crippen LogP contribution is -2.40. The monoisotopic (exact) mass is 432 g/mol. The second-order valence-electron chi connectivity index (χ2n) is 7.93. The number of rotatable bonds is 6. The van der Waals surface area contributed by atoms with Crippen LogP contribution in [0.5, 0.6) is 0 Å². The van der Waals surface area contributed by atoms with Crippen molar-refractivity contribution >= 4 is 17.0 Å². The highest BCUT2D eigenvalue weighted by Crippen LogP contribution is 2.27. The van der Waals surface area contributed by atoms with Gasteiger partial charge in [-0.05, 0) is 61.8 Å². The molecule has 148 valence electrons. The van der Waals surface area contributed by atoms with Gasteiger partial charge in [0.25, 0.3) is 0 Å². The number of hydrogen-bond donors (Lipinski definition) is 1. The van der Waals surface area contributed by atoms with Crippen LogP contribution in [0.1, 0.15) is 68.0 Å². The fraction of sp³-hybridized carbons (Fsp3) is 0.545. The van der Waals surface area contributed by atoms with Crippen molar-refractivity contribution < 1.29 is 0 Å².